The van der Waals surface area contributed by atoms with Crippen molar-refractivity contribution in [3.8, 4) is 0 Å². The minimum absolute atomic E-state index is 0.00991. The fraction of sp³-hybridized carbons (Fsp3) is 0.133. The normalized spacial score (nSPS) is 12.0. The van der Waals surface area contributed by atoms with Crippen LogP contribution >= 0.6 is 0 Å². The van der Waals surface area contributed by atoms with E-state index in [1.54, 1.807) is 0 Å². The predicted octanol–water partition coefficient (Wildman–Crippen LogP) is 2.28. The summed E-state index contributed by atoms with van der Waals surface area (Å²) in [6, 6.07) is 17.4. The second-order valence-corrected chi connectivity index (χ2v) is 4.30. The molecule has 92 valence electrons. The van der Waals surface area contributed by atoms with Gasteiger partial charge in [-0.05, 0) is 23.3 Å². The molecule has 4 N–H and O–H groups in total. The molecule has 1 atom stereocenters. The van der Waals surface area contributed by atoms with E-state index < -0.39 is 0 Å². The van der Waals surface area contributed by atoms with Crippen LogP contribution in [0.2, 0.25) is 0 Å². The zero-order chi connectivity index (χ0) is 13.0. The Balaban J connectivity index is 2.36. The lowest BCUT2D eigenvalue weighted by atomic mass is 9.88. The van der Waals surface area contributed by atoms with Crippen molar-refractivity contribution < 1.29 is 4.79 Å². The zero-order valence-electron chi connectivity index (χ0n) is 10.0. The molecule has 1 unspecified atom stereocenters. The topological polar surface area (TPSA) is 69.1 Å². The number of carbonyl (C=O) groups excluding carboxylic acids is 1. The Morgan fingerprint density at radius 2 is 1.50 bits per heavy atom. The summed E-state index contributed by atoms with van der Waals surface area (Å²) in [5, 5.41) is 0. The molecule has 0 saturated carbocycles. The molecule has 2 aromatic carbocycles. The maximum absolute atomic E-state index is 11.2. The summed E-state index contributed by atoms with van der Waals surface area (Å²) in [4.78, 5) is 11.2. The lowest BCUT2D eigenvalue weighted by Gasteiger charge is -2.16. The molecule has 2 rings (SSSR count). The molecule has 3 heteroatoms. The molecule has 3 nitrogen and oxygen atoms in total. The molecule has 0 aromatic heterocycles. The second kappa shape index (κ2) is 5.36. The first-order valence-corrected chi connectivity index (χ1v) is 5.85. The molecule has 0 saturated heterocycles. The predicted molar refractivity (Wildman–Crippen MR) is 73.0 cm³/mol. The molecule has 1 amide bonds. The van der Waals surface area contributed by atoms with Gasteiger partial charge in [0.15, 0.2) is 0 Å². The number of hydrogen-bond donors (Lipinski definition) is 2. The highest BCUT2D eigenvalue weighted by Crippen LogP contribution is 2.28. The van der Waals surface area contributed by atoms with E-state index in [0.717, 1.165) is 11.1 Å². The summed E-state index contributed by atoms with van der Waals surface area (Å²) >= 11 is 0. The Bertz CT molecular complexity index is 520. The first kappa shape index (κ1) is 12.2. The number of nitrogen functional groups attached to an aromatic ring is 1. The van der Waals surface area contributed by atoms with Crippen LogP contribution in [0.1, 0.15) is 23.5 Å². The number of benzene rings is 2. The molecule has 0 aliphatic carbocycles. The van der Waals surface area contributed by atoms with E-state index >= 15 is 0 Å². The van der Waals surface area contributed by atoms with Gasteiger partial charge in [0.25, 0.3) is 0 Å². The first-order chi connectivity index (χ1) is 8.66. The van der Waals surface area contributed by atoms with Crippen LogP contribution in [0.3, 0.4) is 0 Å². The quantitative estimate of drug-likeness (QED) is 0.805. The lowest BCUT2D eigenvalue weighted by molar-refractivity contribution is -0.118. The molecular weight excluding hydrogens is 224 g/mol. The monoisotopic (exact) mass is 240 g/mol. The Kier molecular flexibility index (Phi) is 3.63. The summed E-state index contributed by atoms with van der Waals surface area (Å²) in [7, 11) is 0. The van der Waals surface area contributed by atoms with Crippen molar-refractivity contribution >= 4 is 11.6 Å². The van der Waals surface area contributed by atoms with Crippen molar-refractivity contribution in [3.63, 3.8) is 0 Å². The molecule has 0 fully saturated rings. The van der Waals surface area contributed by atoms with E-state index in [0.29, 0.717) is 12.1 Å². The summed E-state index contributed by atoms with van der Waals surface area (Å²) in [5.41, 5.74) is 13.9. The average Bonchev–Trinajstić information content (AvgIpc) is 2.38. The van der Waals surface area contributed by atoms with Gasteiger partial charge in [-0.1, -0.05) is 42.5 Å². The zero-order valence-corrected chi connectivity index (χ0v) is 10.0. The van der Waals surface area contributed by atoms with E-state index in [2.05, 4.69) is 0 Å². The Hall–Kier alpha value is -2.29. The molecule has 0 aliphatic rings. The first-order valence-electron chi connectivity index (χ1n) is 5.85. The van der Waals surface area contributed by atoms with Crippen molar-refractivity contribution in [2.75, 3.05) is 5.73 Å². The Morgan fingerprint density at radius 3 is 2.06 bits per heavy atom. The van der Waals surface area contributed by atoms with Gasteiger partial charge in [0.2, 0.25) is 5.91 Å². The second-order valence-electron chi connectivity index (χ2n) is 4.30. The third-order valence-electron chi connectivity index (χ3n) is 2.95. The van der Waals surface area contributed by atoms with Gasteiger partial charge >= 0.3 is 0 Å². The number of hydrogen-bond acceptors (Lipinski definition) is 2. The highest BCUT2D eigenvalue weighted by molar-refractivity contribution is 5.75. The smallest absolute Gasteiger partial charge is 0.218 e. The fourth-order valence-corrected chi connectivity index (χ4v) is 2.04. The van der Waals surface area contributed by atoms with Gasteiger partial charge in [-0.3, -0.25) is 4.79 Å². The van der Waals surface area contributed by atoms with Crippen LogP contribution in [0.15, 0.2) is 54.6 Å². The molecule has 18 heavy (non-hydrogen) atoms. The molecule has 0 heterocycles. The Morgan fingerprint density at radius 1 is 0.944 bits per heavy atom. The number of nitrogens with two attached hydrogens (primary N) is 2. The van der Waals surface area contributed by atoms with Crippen molar-refractivity contribution in [1.82, 2.24) is 0 Å². The van der Waals surface area contributed by atoms with Gasteiger partial charge in [-0.2, -0.15) is 0 Å². The van der Waals surface area contributed by atoms with Gasteiger partial charge < -0.3 is 11.5 Å². The molecular formula is C15H16N2O. The molecule has 2 aromatic rings. The number of primary amides is 1. The third-order valence-corrected chi connectivity index (χ3v) is 2.95. The highest BCUT2D eigenvalue weighted by atomic mass is 16.1. The third kappa shape index (κ3) is 2.88. The van der Waals surface area contributed by atoms with Gasteiger partial charge in [0.1, 0.15) is 0 Å². The Labute approximate surface area is 106 Å². The summed E-state index contributed by atoms with van der Waals surface area (Å²) in [5.74, 6) is -0.315. The summed E-state index contributed by atoms with van der Waals surface area (Å²) in [6.07, 6.45) is 0.300. The van der Waals surface area contributed by atoms with Crippen molar-refractivity contribution in [3.05, 3.63) is 65.7 Å². The van der Waals surface area contributed by atoms with Crippen LogP contribution in [-0.2, 0) is 4.79 Å². The summed E-state index contributed by atoms with van der Waals surface area (Å²) in [6.45, 7) is 0. The van der Waals surface area contributed by atoms with Crippen molar-refractivity contribution in [2.45, 2.75) is 12.3 Å². The molecule has 0 bridgehead atoms. The fourth-order valence-electron chi connectivity index (χ4n) is 2.04. The van der Waals surface area contributed by atoms with Crippen molar-refractivity contribution in [2.24, 2.45) is 5.73 Å². The number of amides is 1. The van der Waals surface area contributed by atoms with Crippen LogP contribution in [0, 0.1) is 0 Å². The maximum atomic E-state index is 11.2. The lowest BCUT2D eigenvalue weighted by Crippen LogP contribution is -2.16. The molecule has 0 spiro atoms. The van der Waals surface area contributed by atoms with E-state index in [1.165, 1.54) is 0 Å². The minimum atomic E-state index is -0.305. The number of carbonyl (C=O) groups is 1. The molecule has 0 aliphatic heterocycles. The largest absolute Gasteiger partial charge is 0.399 e. The van der Waals surface area contributed by atoms with Gasteiger partial charge in [-0.15, -0.1) is 0 Å². The van der Waals surface area contributed by atoms with E-state index in [9.17, 15) is 4.79 Å². The molecule has 0 radical (unpaired) electrons. The van der Waals surface area contributed by atoms with Gasteiger partial charge in [0, 0.05) is 18.0 Å². The van der Waals surface area contributed by atoms with E-state index in [1.807, 2.05) is 54.6 Å². The SMILES string of the molecule is NC(=O)CC(c1ccccc1)c1ccc(N)cc1. The minimum Gasteiger partial charge on any atom is -0.399 e. The van der Waals surface area contributed by atoms with Crippen LogP contribution in [-0.4, -0.2) is 5.91 Å². The number of anilines is 1. The van der Waals surface area contributed by atoms with Gasteiger partial charge in [-0.25, -0.2) is 0 Å². The van der Waals surface area contributed by atoms with Crippen LogP contribution in [0.25, 0.3) is 0 Å². The van der Waals surface area contributed by atoms with Crippen LogP contribution in [0.4, 0.5) is 5.69 Å². The van der Waals surface area contributed by atoms with E-state index in [4.69, 9.17) is 11.5 Å². The highest BCUT2D eigenvalue weighted by Gasteiger charge is 2.16. The summed E-state index contributed by atoms with van der Waals surface area (Å²) < 4.78 is 0. The van der Waals surface area contributed by atoms with Gasteiger partial charge in [0.05, 0.1) is 0 Å². The standard InChI is InChI=1S/C15H16N2O/c16-13-8-6-12(7-9-13)14(10-15(17)18)11-4-2-1-3-5-11/h1-9,14H,10,16H2,(H2,17,18). The average molecular weight is 240 g/mol. The van der Waals surface area contributed by atoms with Crippen molar-refractivity contribution in [1.29, 1.82) is 0 Å². The number of rotatable bonds is 4. The van der Waals surface area contributed by atoms with Crippen LogP contribution < -0.4 is 11.5 Å². The van der Waals surface area contributed by atoms with E-state index in [-0.39, 0.29) is 11.8 Å². The maximum Gasteiger partial charge on any atom is 0.218 e. The van der Waals surface area contributed by atoms with Crippen LogP contribution in [0.5, 0.6) is 0 Å².